The third-order valence-electron chi connectivity index (χ3n) is 5.07. The number of terminal acetylenes is 1. The van der Waals surface area contributed by atoms with Crippen molar-refractivity contribution in [3.05, 3.63) is 0 Å². The molecule has 1 N–H and O–H groups in total. The van der Waals surface area contributed by atoms with E-state index < -0.39 is 0 Å². The largest absolute Gasteiger partial charge is 0.310 e. The van der Waals surface area contributed by atoms with Gasteiger partial charge in [-0.05, 0) is 43.4 Å². The Labute approximate surface area is 114 Å². The normalized spacial score (nSPS) is 26.6. The molecule has 18 heavy (non-hydrogen) atoms. The number of hydrogen-bond donors (Lipinski definition) is 1. The minimum absolute atomic E-state index is 0.522. The van der Waals surface area contributed by atoms with Crippen LogP contribution in [0.25, 0.3) is 0 Å². The Morgan fingerprint density at radius 3 is 2.28 bits per heavy atom. The smallest absolute Gasteiger partial charge is 0.0240 e. The Bertz CT molecular complexity index is 266. The van der Waals surface area contributed by atoms with E-state index in [0.29, 0.717) is 17.5 Å². The molecule has 1 nitrogen and oxygen atoms in total. The summed E-state index contributed by atoms with van der Waals surface area (Å²) in [6.07, 6.45) is 14.1. The lowest BCUT2D eigenvalue weighted by molar-refractivity contribution is 0.134. The molecule has 0 aromatic carbocycles. The van der Waals surface area contributed by atoms with Crippen LogP contribution < -0.4 is 5.32 Å². The van der Waals surface area contributed by atoms with Gasteiger partial charge >= 0.3 is 0 Å². The zero-order valence-corrected chi connectivity index (χ0v) is 12.8. The molecule has 1 unspecified atom stereocenters. The van der Waals surface area contributed by atoms with Crippen LogP contribution in [0.3, 0.4) is 0 Å². The van der Waals surface area contributed by atoms with Gasteiger partial charge in [0.05, 0.1) is 0 Å². The summed E-state index contributed by atoms with van der Waals surface area (Å²) in [5.74, 6) is 3.70. The van der Waals surface area contributed by atoms with Crippen LogP contribution in [0.15, 0.2) is 0 Å². The van der Waals surface area contributed by atoms with E-state index in [-0.39, 0.29) is 0 Å². The maximum atomic E-state index is 5.42. The average molecular weight is 249 g/mol. The van der Waals surface area contributed by atoms with Crippen molar-refractivity contribution in [1.82, 2.24) is 5.32 Å². The van der Waals surface area contributed by atoms with E-state index in [9.17, 15) is 0 Å². The van der Waals surface area contributed by atoms with Gasteiger partial charge in [-0.2, -0.15) is 0 Å². The predicted molar refractivity (Wildman–Crippen MR) is 80.5 cm³/mol. The first-order valence-corrected chi connectivity index (χ1v) is 7.73. The van der Waals surface area contributed by atoms with Crippen molar-refractivity contribution < 1.29 is 0 Å². The minimum atomic E-state index is 0.522. The van der Waals surface area contributed by atoms with Gasteiger partial charge in [0.25, 0.3) is 0 Å². The fraction of sp³-hybridized carbons (Fsp3) is 0.882. The second kappa shape index (κ2) is 7.19. The Balaban J connectivity index is 2.38. The van der Waals surface area contributed by atoms with Gasteiger partial charge in [0.1, 0.15) is 0 Å². The standard InChI is InChI=1S/C17H31N/c1-6-9-15(7-2)18-16-12-10-14(11-13-16)17(4,5)8-3/h1,14-16,18H,7-13H2,2-5H3. The van der Waals surface area contributed by atoms with E-state index in [1.54, 1.807) is 0 Å². The number of hydrogen-bond acceptors (Lipinski definition) is 1. The van der Waals surface area contributed by atoms with Crippen LogP contribution in [0.2, 0.25) is 0 Å². The fourth-order valence-electron chi connectivity index (χ4n) is 3.13. The van der Waals surface area contributed by atoms with Gasteiger partial charge in [0.2, 0.25) is 0 Å². The summed E-state index contributed by atoms with van der Waals surface area (Å²) < 4.78 is 0. The molecular weight excluding hydrogens is 218 g/mol. The lowest BCUT2D eigenvalue weighted by Gasteiger charge is -2.39. The molecule has 1 atom stereocenters. The molecule has 1 aliphatic carbocycles. The molecule has 104 valence electrons. The highest BCUT2D eigenvalue weighted by Gasteiger charge is 2.31. The molecule has 0 aromatic heterocycles. The van der Waals surface area contributed by atoms with Gasteiger partial charge in [0.15, 0.2) is 0 Å². The van der Waals surface area contributed by atoms with Gasteiger partial charge in [-0.1, -0.05) is 34.1 Å². The van der Waals surface area contributed by atoms with Crippen LogP contribution >= 0.6 is 0 Å². The summed E-state index contributed by atoms with van der Waals surface area (Å²) >= 11 is 0. The third-order valence-corrected chi connectivity index (χ3v) is 5.07. The third kappa shape index (κ3) is 4.32. The van der Waals surface area contributed by atoms with Gasteiger partial charge in [-0.15, -0.1) is 12.3 Å². The van der Waals surface area contributed by atoms with E-state index in [1.807, 2.05) is 0 Å². The van der Waals surface area contributed by atoms with Crippen LogP contribution in [-0.4, -0.2) is 12.1 Å². The molecular formula is C17H31N. The maximum absolute atomic E-state index is 5.42. The summed E-state index contributed by atoms with van der Waals surface area (Å²) in [5, 5.41) is 3.75. The van der Waals surface area contributed by atoms with Crippen molar-refractivity contribution in [3.8, 4) is 12.3 Å². The van der Waals surface area contributed by atoms with Crippen molar-refractivity contribution in [3.63, 3.8) is 0 Å². The average Bonchev–Trinajstić information content (AvgIpc) is 2.39. The number of nitrogens with one attached hydrogen (secondary N) is 1. The molecule has 1 saturated carbocycles. The molecule has 0 aliphatic heterocycles. The van der Waals surface area contributed by atoms with Crippen LogP contribution in [0.5, 0.6) is 0 Å². The molecule has 0 spiro atoms. The lowest BCUT2D eigenvalue weighted by atomic mass is 9.69. The number of rotatable bonds is 6. The second-order valence-corrected chi connectivity index (χ2v) is 6.57. The molecule has 0 aromatic rings. The van der Waals surface area contributed by atoms with Gasteiger partial charge < -0.3 is 5.32 Å². The zero-order valence-electron chi connectivity index (χ0n) is 12.8. The van der Waals surface area contributed by atoms with E-state index in [4.69, 9.17) is 6.42 Å². The van der Waals surface area contributed by atoms with E-state index >= 15 is 0 Å². The van der Waals surface area contributed by atoms with E-state index in [0.717, 1.165) is 18.8 Å². The quantitative estimate of drug-likeness (QED) is 0.689. The lowest BCUT2D eigenvalue weighted by Crippen LogP contribution is -2.41. The van der Waals surface area contributed by atoms with Crippen molar-refractivity contribution in [2.24, 2.45) is 11.3 Å². The predicted octanol–water partition coefficient (Wildman–Crippen LogP) is 4.37. The monoisotopic (exact) mass is 249 g/mol. The SMILES string of the molecule is C#CCC(CC)NC1CCC(C(C)(C)CC)CC1. The van der Waals surface area contributed by atoms with E-state index in [2.05, 4.69) is 38.9 Å². The molecule has 0 radical (unpaired) electrons. The Hall–Kier alpha value is -0.480. The molecule has 1 heteroatoms. The fourth-order valence-corrected chi connectivity index (χ4v) is 3.13. The van der Waals surface area contributed by atoms with Gasteiger partial charge in [-0.3, -0.25) is 0 Å². The second-order valence-electron chi connectivity index (χ2n) is 6.57. The Morgan fingerprint density at radius 1 is 1.22 bits per heavy atom. The summed E-state index contributed by atoms with van der Waals surface area (Å²) in [4.78, 5) is 0. The molecule has 1 fully saturated rings. The molecule has 1 aliphatic rings. The maximum Gasteiger partial charge on any atom is 0.0240 e. The van der Waals surface area contributed by atoms with Gasteiger partial charge in [-0.25, -0.2) is 0 Å². The molecule has 0 amide bonds. The highest BCUT2D eigenvalue weighted by atomic mass is 14.9. The molecule has 1 rings (SSSR count). The Morgan fingerprint density at radius 2 is 1.83 bits per heavy atom. The highest BCUT2D eigenvalue weighted by molar-refractivity contribution is 4.92. The first kappa shape index (κ1) is 15.6. The highest BCUT2D eigenvalue weighted by Crippen LogP contribution is 2.40. The van der Waals surface area contributed by atoms with Crippen LogP contribution in [0.1, 0.15) is 72.6 Å². The minimum Gasteiger partial charge on any atom is -0.310 e. The van der Waals surface area contributed by atoms with Crippen LogP contribution in [0.4, 0.5) is 0 Å². The van der Waals surface area contributed by atoms with E-state index in [1.165, 1.54) is 32.1 Å². The van der Waals surface area contributed by atoms with Crippen LogP contribution in [-0.2, 0) is 0 Å². The summed E-state index contributed by atoms with van der Waals surface area (Å²) in [6.45, 7) is 9.41. The summed E-state index contributed by atoms with van der Waals surface area (Å²) in [6, 6.07) is 1.22. The molecule has 0 heterocycles. The first-order chi connectivity index (χ1) is 8.53. The zero-order chi connectivity index (χ0) is 13.6. The molecule has 0 bridgehead atoms. The Kier molecular flexibility index (Phi) is 6.22. The van der Waals surface area contributed by atoms with Crippen molar-refractivity contribution >= 4 is 0 Å². The molecule has 0 saturated heterocycles. The topological polar surface area (TPSA) is 12.0 Å². The summed E-state index contributed by atoms with van der Waals surface area (Å²) in [7, 11) is 0. The first-order valence-electron chi connectivity index (χ1n) is 7.73. The van der Waals surface area contributed by atoms with Crippen molar-refractivity contribution in [1.29, 1.82) is 0 Å². The van der Waals surface area contributed by atoms with Gasteiger partial charge in [0, 0.05) is 18.5 Å². The van der Waals surface area contributed by atoms with Crippen molar-refractivity contribution in [2.45, 2.75) is 84.7 Å². The van der Waals surface area contributed by atoms with Crippen molar-refractivity contribution in [2.75, 3.05) is 0 Å². The summed E-state index contributed by atoms with van der Waals surface area (Å²) in [5.41, 5.74) is 0.522. The van der Waals surface area contributed by atoms with Crippen LogP contribution in [0, 0.1) is 23.7 Å².